The summed E-state index contributed by atoms with van der Waals surface area (Å²) in [6.07, 6.45) is 7.12. The average Bonchev–Trinajstić information content (AvgIpc) is 2.38. The summed E-state index contributed by atoms with van der Waals surface area (Å²) < 4.78 is 0. The van der Waals surface area contributed by atoms with Gasteiger partial charge in [0.1, 0.15) is 0 Å². The second kappa shape index (κ2) is 1.36. The lowest BCUT2D eigenvalue weighted by Gasteiger charge is -2.32. The largest absolute Gasteiger partial charge is 0.343 e. The highest BCUT2D eigenvalue weighted by Crippen LogP contribution is 2.74. The Morgan fingerprint density at radius 1 is 1.44 bits per heavy atom. The molecule has 0 N–H and O–H groups in total. The molecule has 2 aliphatic rings. The van der Waals surface area contributed by atoms with Crippen molar-refractivity contribution in [2.24, 2.45) is 10.8 Å². The fourth-order valence-electron chi connectivity index (χ4n) is 2.44. The molecule has 1 atom stereocenters. The van der Waals surface area contributed by atoms with Gasteiger partial charge in [-0.2, -0.15) is 6.42 Å². The van der Waals surface area contributed by atoms with Crippen molar-refractivity contribution in [1.29, 1.82) is 0 Å². The summed E-state index contributed by atoms with van der Waals surface area (Å²) in [5, 5.41) is 0. The number of hydrogen-bond acceptors (Lipinski definition) is 0. The lowest BCUT2D eigenvalue weighted by molar-refractivity contribution is 0.212. The zero-order chi connectivity index (χ0) is 6.54. The van der Waals surface area contributed by atoms with Gasteiger partial charge >= 0.3 is 0 Å². The van der Waals surface area contributed by atoms with Crippen molar-refractivity contribution >= 4 is 0 Å². The van der Waals surface area contributed by atoms with Crippen LogP contribution >= 0.6 is 0 Å². The summed E-state index contributed by atoms with van der Waals surface area (Å²) in [5.41, 5.74) is 1.49. The second-order valence-electron chi connectivity index (χ2n) is 4.12. The van der Waals surface area contributed by atoms with Crippen molar-refractivity contribution in [3.63, 3.8) is 0 Å². The molecule has 2 saturated carbocycles. The predicted octanol–water partition coefficient (Wildman–Crippen LogP) is 2.79. The minimum absolute atomic E-state index is 0.672. The first kappa shape index (κ1) is 5.76. The van der Waals surface area contributed by atoms with E-state index in [0.717, 1.165) is 11.8 Å². The topological polar surface area (TPSA) is 0 Å². The zero-order valence-corrected chi connectivity index (χ0v) is 6.24. The quantitative estimate of drug-likeness (QED) is 0.470. The number of rotatable bonds is 1. The van der Waals surface area contributed by atoms with Crippen LogP contribution < -0.4 is 0 Å². The highest BCUT2D eigenvalue weighted by atomic mass is 14.7. The summed E-state index contributed by atoms with van der Waals surface area (Å²) in [6.45, 7) is 6.40. The van der Waals surface area contributed by atoms with E-state index >= 15 is 0 Å². The van der Waals surface area contributed by atoms with Crippen molar-refractivity contribution < 1.29 is 0 Å². The van der Waals surface area contributed by atoms with E-state index in [1.54, 1.807) is 0 Å². The van der Waals surface area contributed by atoms with Gasteiger partial charge in [-0.25, -0.2) is 0 Å². The molecule has 52 valence electrons. The SMILES string of the molecule is [CH2-]CC1(C)CC12CCC2. The van der Waals surface area contributed by atoms with Gasteiger partial charge in [-0.15, -0.1) is 0 Å². The van der Waals surface area contributed by atoms with Crippen LogP contribution in [0.15, 0.2) is 0 Å². The highest BCUT2D eigenvalue weighted by molar-refractivity contribution is 5.15. The second-order valence-corrected chi connectivity index (χ2v) is 4.12. The normalized spacial score (nSPS) is 44.7. The molecule has 2 fully saturated rings. The van der Waals surface area contributed by atoms with Gasteiger partial charge in [0.2, 0.25) is 0 Å². The molecule has 0 nitrogen and oxygen atoms in total. The first-order valence-electron chi connectivity index (χ1n) is 4.02. The average molecular weight is 123 g/mol. The van der Waals surface area contributed by atoms with Gasteiger partial charge in [-0.05, 0) is 24.7 Å². The van der Waals surface area contributed by atoms with Crippen LogP contribution in [-0.2, 0) is 0 Å². The van der Waals surface area contributed by atoms with Crippen LogP contribution in [0.5, 0.6) is 0 Å². The Kier molecular flexibility index (Phi) is 0.868. The molecule has 0 aromatic rings. The highest BCUT2D eigenvalue weighted by Gasteiger charge is 2.63. The fraction of sp³-hybridized carbons (Fsp3) is 0.889. The molecule has 0 aliphatic heterocycles. The van der Waals surface area contributed by atoms with Crippen LogP contribution in [0.3, 0.4) is 0 Å². The molecule has 2 rings (SSSR count). The smallest absolute Gasteiger partial charge is 0.0263 e. The Balaban J connectivity index is 2.06. The first-order chi connectivity index (χ1) is 4.22. The van der Waals surface area contributed by atoms with Crippen molar-refractivity contribution in [3.8, 4) is 0 Å². The maximum Gasteiger partial charge on any atom is -0.0263 e. The molecule has 0 heterocycles. The van der Waals surface area contributed by atoms with E-state index in [4.69, 9.17) is 0 Å². The first-order valence-corrected chi connectivity index (χ1v) is 4.02. The van der Waals surface area contributed by atoms with Crippen molar-refractivity contribution in [1.82, 2.24) is 0 Å². The van der Waals surface area contributed by atoms with E-state index in [0.29, 0.717) is 5.41 Å². The maximum atomic E-state index is 4.00. The summed E-state index contributed by atoms with van der Waals surface area (Å²) in [6, 6.07) is 0. The minimum atomic E-state index is 0.672. The molecule has 2 aliphatic carbocycles. The van der Waals surface area contributed by atoms with Gasteiger partial charge in [0.15, 0.2) is 0 Å². The van der Waals surface area contributed by atoms with Crippen LogP contribution in [0.1, 0.15) is 39.0 Å². The molecule has 0 aromatic carbocycles. The van der Waals surface area contributed by atoms with Gasteiger partial charge in [-0.3, -0.25) is 0 Å². The molecule has 0 bridgehead atoms. The van der Waals surface area contributed by atoms with Gasteiger partial charge in [-0.1, -0.05) is 18.8 Å². The maximum absolute atomic E-state index is 4.00. The molecule has 9 heavy (non-hydrogen) atoms. The molecule has 0 radical (unpaired) electrons. The molecule has 0 saturated heterocycles. The monoisotopic (exact) mass is 123 g/mol. The summed E-state index contributed by atoms with van der Waals surface area (Å²) in [5.74, 6) is 0. The Labute approximate surface area is 57.6 Å². The van der Waals surface area contributed by atoms with Crippen molar-refractivity contribution in [3.05, 3.63) is 6.92 Å². The molecule has 1 unspecified atom stereocenters. The van der Waals surface area contributed by atoms with E-state index in [1.165, 1.54) is 25.7 Å². The van der Waals surface area contributed by atoms with Gasteiger partial charge in [0.05, 0.1) is 0 Å². The molecular weight excluding hydrogens is 108 g/mol. The fourth-order valence-corrected chi connectivity index (χ4v) is 2.44. The molecule has 0 amide bonds. The lowest BCUT2D eigenvalue weighted by atomic mass is 9.75. The van der Waals surface area contributed by atoms with Gasteiger partial charge in [0, 0.05) is 0 Å². The van der Waals surface area contributed by atoms with Crippen LogP contribution in [0.2, 0.25) is 0 Å². The predicted molar refractivity (Wildman–Crippen MR) is 39.0 cm³/mol. The Morgan fingerprint density at radius 2 is 2.11 bits per heavy atom. The zero-order valence-electron chi connectivity index (χ0n) is 6.24. The third-order valence-electron chi connectivity index (χ3n) is 3.75. The molecular formula is C9H15-. The Hall–Kier alpha value is 0. The molecule has 1 spiro atoms. The van der Waals surface area contributed by atoms with Crippen molar-refractivity contribution in [2.45, 2.75) is 39.0 Å². The van der Waals surface area contributed by atoms with E-state index in [1.807, 2.05) is 0 Å². The Morgan fingerprint density at radius 3 is 2.22 bits per heavy atom. The number of hydrogen-bond donors (Lipinski definition) is 0. The van der Waals surface area contributed by atoms with Crippen LogP contribution in [0, 0.1) is 17.8 Å². The van der Waals surface area contributed by atoms with E-state index in [9.17, 15) is 0 Å². The summed E-state index contributed by atoms with van der Waals surface area (Å²) in [7, 11) is 0. The standard InChI is InChI=1S/C9H15/c1-3-8(2)7-9(8)5-4-6-9/h1,3-7H2,2H3/q-1. The Bertz CT molecular complexity index is 125. The van der Waals surface area contributed by atoms with Gasteiger partial charge < -0.3 is 6.92 Å². The van der Waals surface area contributed by atoms with Crippen LogP contribution in [0.25, 0.3) is 0 Å². The molecule has 0 heteroatoms. The van der Waals surface area contributed by atoms with E-state index in [2.05, 4.69) is 13.8 Å². The third-order valence-corrected chi connectivity index (χ3v) is 3.75. The minimum Gasteiger partial charge on any atom is -0.343 e. The molecule has 0 aromatic heterocycles. The van der Waals surface area contributed by atoms with E-state index in [-0.39, 0.29) is 0 Å². The van der Waals surface area contributed by atoms with E-state index < -0.39 is 0 Å². The van der Waals surface area contributed by atoms with Crippen molar-refractivity contribution in [2.75, 3.05) is 0 Å². The van der Waals surface area contributed by atoms with Crippen LogP contribution in [0.4, 0.5) is 0 Å². The summed E-state index contributed by atoms with van der Waals surface area (Å²) >= 11 is 0. The summed E-state index contributed by atoms with van der Waals surface area (Å²) in [4.78, 5) is 0. The van der Waals surface area contributed by atoms with Gasteiger partial charge in [0.25, 0.3) is 0 Å². The lowest BCUT2D eigenvalue weighted by Crippen LogP contribution is -2.19. The third kappa shape index (κ3) is 0.500. The van der Waals surface area contributed by atoms with Crippen LogP contribution in [-0.4, -0.2) is 0 Å².